The number of nitrogens with zero attached hydrogens (tertiary/aromatic N) is 2. The van der Waals surface area contributed by atoms with Crippen molar-refractivity contribution >= 4 is 38.6 Å². The third kappa shape index (κ3) is 2.70. The maximum absolute atomic E-state index is 12.0. The van der Waals surface area contributed by atoms with E-state index in [2.05, 4.69) is 36.2 Å². The van der Waals surface area contributed by atoms with Gasteiger partial charge in [-0.25, -0.2) is 9.97 Å². The normalized spacial score (nSPS) is 10.7. The van der Waals surface area contributed by atoms with Crippen LogP contribution in [0.5, 0.6) is 0 Å². The molecule has 0 aliphatic carbocycles. The highest BCUT2D eigenvalue weighted by molar-refractivity contribution is 9.10. The highest BCUT2D eigenvalue weighted by Gasteiger charge is 2.09. The Bertz CT molecular complexity index is 751. The first-order valence-electron chi connectivity index (χ1n) is 6.05. The fraction of sp³-hybridized carbons (Fsp3) is 0.0714. The predicted molar refractivity (Wildman–Crippen MR) is 80.4 cm³/mol. The van der Waals surface area contributed by atoms with Crippen LogP contribution in [0.25, 0.3) is 10.9 Å². The number of fused-ring (bicyclic) bond motifs is 1. The van der Waals surface area contributed by atoms with Crippen LogP contribution >= 0.6 is 15.9 Å². The quantitative estimate of drug-likeness (QED) is 0.775. The van der Waals surface area contributed by atoms with Gasteiger partial charge in [-0.15, -0.1) is 0 Å². The number of H-pyrrole nitrogens is 1. The highest BCUT2D eigenvalue weighted by Crippen LogP contribution is 2.18. The number of amides is 1. The molecular weight excluding hydrogens is 320 g/mol. The second-order valence-electron chi connectivity index (χ2n) is 4.31. The van der Waals surface area contributed by atoms with Gasteiger partial charge in [-0.05, 0) is 27.6 Å². The molecule has 0 bridgehead atoms. The van der Waals surface area contributed by atoms with Crippen molar-refractivity contribution in [3.05, 3.63) is 53.0 Å². The van der Waals surface area contributed by atoms with Crippen LogP contribution in [-0.2, 0) is 11.2 Å². The molecule has 0 aliphatic rings. The molecule has 3 aromatic rings. The molecule has 6 heteroatoms. The van der Waals surface area contributed by atoms with E-state index < -0.39 is 0 Å². The minimum Gasteiger partial charge on any atom is -0.361 e. The average molecular weight is 331 g/mol. The first-order valence-corrected chi connectivity index (χ1v) is 6.84. The molecule has 0 fully saturated rings. The number of benzene rings is 1. The predicted octanol–water partition coefficient (Wildman–Crippen LogP) is 2.90. The standard InChI is InChI=1S/C14H11BrN4O/c15-12-7-18-13(8-17-12)19-14(20)5-9-6-16-11-4-2-1-3-10(9)11/h1-4,6-8,16H,5H2,(H,18,19,20). The molecule has 3 rings (SSSR count). The maximum Gasteiger partial charge on any atom is 0.230 e. The van der Waals surface area contributed by atoms with Crippen molar-refractivity contribution in [3.63, 3.8) is 0 Å². The van der Waals surface area contributed by atoms with Crippen molar-refractivity contribution in [1.29, 1.82) is 0 Å². The van der Waals surface area contributed by atoms with E-state index in [0.29, 0.717) is 16.8 Å². The van der Waals surface area contributed by atoms with Gasteiger partial charge in [0, 0.05) is 17.1 Å². The third-order valence-corrected chi connectivity index (χ3v) is 3.32. The summed E-state index contributed by atoms with van der Waals surface area (Å²) in [5, 5.41) is 3.78. The minimum atomic E-state index is -0.119. The smallest absolute Gasteiger partial charge is 0.230 e. The van der Waals surface area contributed by atoms with Gasteiger partial charge in [-0.1, -0.05) is 18.2 Å². The number of carbonyl (C=O) groups excluding carboxylic acids is 1. The Hall–Kier alpha value is -2.21. The van der Waals surface area contributed by atoms with Crippen molar-refractivity contribution in [2.45, 2.75) is 6.42 Å². The molecule has 0 saturated heterocycles. The van der Waals surface area contributed by atoms with Crippen LogP contribution < -0.4 is 5.32 Å². The highest BCUT2D eigenvalue weighted by atomic mass is 79.9. The summed E-state index contributed by atoms with van der Waals surface area (Å²) in [5.74, 6) is 0.324. The van der Waals surface area contributed by atoms with Crippen molar-refractivity contribution < 1.29 is 4.79 Å². The zero-order valence-electron chi connectivity index (χ0n) is 10.4. The molecule has 0 unspecified atom stereocenters. The van der Waals surface area contributed by atoms with E-state index in [1.165, 1.54) is 6.20 Å². The van der Waals surface area contributed by atoms with E-state index in [1.807, 2.05) is 30.5 Å². The minimum absolute atomic E-state index is 0.119. The lowest BCUT2D eigenvalue weighted by atomic mass is 10.1. The molecule has 0 spiro atoms. The molecule has 2 aromatic heterocycles. The van der Waals surface area contributed by atoms with Crippen LogP contribution in [0.3, 0.4) is 0 Å². The van der Waals surface area contributed by atoms with Crippen LogP contribution in [0, 0.1) is 0 Å². The molecule has 2 N–H and O–H groups in total. The molecular formula is C14H11BrN4O. The Morgan fingerprint density at radius 2 is 2.10 bits per heavy atom. The monoisotopic (exact) mass is 330 g/mol. The number of carbonyl (C=O) groups is 1. The molecule has 2 heterocycles. The van der Waals surface area contributed by atoms with E-state index in [-0.39, 0.29) is 5.91 Å². The second-order valence-corrected chi connectivity index (χ2v) is 5.12. The number of nitrogens with one attached hydrogen (secondary N) is 2. The van der Waals surface area contributed by atoms with Crippen molar-refractivity contribution in [3.8, 4) is 0 Å². The van der Waals surface area contributed by atoms with Crippen LogP contribution in [0.4, 0.5) is 5.82 Å². The summed E-state index contributed by atoms with van der Waals surface area (Å²) in [6, 6.07) is 7.89. The molecule has 0 radical (unpaired) electrons. The fourth-order valence-electron chi connectivity index (χ4n) is 2.01. The lowest BCUT2D eigenvalue weighted by Gasteiger charge is -2.03. The number of para-hydroxylation sites is 1. The van der Waals surface area contributed by atoms with Gasteiger partial charge in [0.1, 0.15) is 4.60 Å². The Morgan fingerprint density at radius 1 is 1.25 bits per heavy atom. The van der Waals surface area contributed by atoms with Gasteiger partial charge in [-0.3, -0.25) is 4.79 Å². The zero-order valence-corrected chi connectivity index (χ0v) is 12.0. The molecule has 5 nitrogen and oxygen atoms in total. The SMILES string of the molecule is O=C(Cc1c[nH]c2ccccc12)Nc1cnc(Br)cn1. The third-order valence-electron chi connectivity index (χ3n) is 2.91. The zero-order chi connectivity index (χ0) is 13.9. The summed E-state index contributed by atoms with van der Waals surface area (Å²) in [5.41, 5.74) is 1.99. The van der Waals surface area contributed by atoms with E-state index in [9.17, 15) is 4.79 Å². The van der Waals surface area contributed by atoms with Gasteiger partial charge < -0.3 is 10.3 Å². The number of rotatable bonds is 3. The Balaban J connectivity index is 1.74. The number of halogens is 1. The number of aromatic nitrogens is 3. The van der Waals surface area contributed by atoms with E-state index >= 15 is 0 Å². The lowest BCUT2D eigenvalue weighted by Crippen LogP contribution is -2.15. The number of hydrogen-bond donors (Lipinski definition) is 2. The summed E-state index contributed by atoms with van der Waals surface area (Å²) in [6.45, 7) is 0. The van der Waals surface area contributed by atoms with Crippen LogP contribution in [-0.4, -0.2) is 20.9 Å². The van der Waals surface area contributed by atoms with Gasteiger partial charge in [0.15, 0.2) is 5.82 Å². The molecule has 0 aliphatic heterocycles. The van der Waals surface area contributed by atoms with Crippen molar-refractivity contribution in [2.24, 2.45) is 0 Å². The summed E-state index contributed by atoms with van der Waals surface area (Å²) >= 11 is 3.20. The lowest BCUT2D eigenvalue weighted by molar-refractivity contribution is -0.115. The number of hydrogen-bond acceptors (Lipinski definition) is 3. The molecule has 1 amide bonds. The number of aromatic amines is 1. The van der Waals surface area contributed by atoms with Gasteiger partial charge >= 0.3 is 0 Å². The van der Waals surface area contributed by atoms with E-state index in [4.69, 9.17) is 0 Å². The van der Waals surface area contributed by atoms with Crippen molar-refractivity contribution in [2.75, 3.05) is 5.32 Å². The molecule has 1 aromatic carbocycles. The molecule has 0 atom stereocenters. The van der Waals surface area contributed by atoms with Gasteiger partial charge in [0.05, 0.1) is 18.8 Å². The fourth-order valence-corrected chi connectivity index (χ4v) is 2.22. The first kappa shape index (κ1) is 12.8. The largest absolute Gasteiger partial charge is 0.361 e. The van der Waals surface area contributed by atoms with Gasteiger partial charge in [-0.2, -0.15) is 0 Å². The van der Waals surface area contributed by atoms with Gasteiger partial charge in [0.2, 0.25) is 5.91 Å². The summed E-state index contributed by atoms with van der Waals surface area (Å²) in [7, 11) is 0. The van der Waals surface area contributed by atoms with Crippen LogP contribution in [0.15, 0.2) is 47.5 Å². The summed E-state index contributed by atoms with van der Waals surface area (Å²) in [6.07, 6.45) is 5.21. The topological polar surface area (TPSA) is 70.7 Å². The molecule has 0 saturated carbocycles. The second kappa shape index (κ2) is 5.42. The summed E-state index contributed by atoms with van der Waals surface area (Å²) < 4.78 is 0.632. The van der Waals surface area contributed by atoms with Gasteiger partial charge in [0.25, 0.3) is 0 Å². The number of anilines is 1. The summed E-state index contributed by atoms with van der Waals surface area (Å²) in [4.78, 5) is 23.2. The first-order chi connectivity index (χ1) is 9.72. The van der Waals surface area contributed by atoms with E-state index in [0.717, 1.165) is 16.5 Å². The van der Waals surface area contributed by atoms with Crippen molar-refractivity contribution in [1.82, 2.24) is 15.0 Å². The Kier molecular flexibility index (Phi) is 3.47. The maximum atomic E-state index is 12.0. The Morgan fingerprint density at radius 3 is 2.90 bits per heavy atom. The molecule has 20 heavy (non-hydrogen) atoms. The molecule has 100 valence electrons. The van der Waals surface area contributed by atoms with Crippen LogP contribution in [0.1, 0.15) is 5.56 Å². The Labute approximate surface area is 123 Å². The van der Waals surface area contributed by atoms with Crippen LogP contribution in [0.2, 0.25) is 0 Å². The van der Waals surface area contributed by atoms with E-state index in [1.54, 1.807) is 6.20 Å². The average Bonchev–Trinajstić information content (AvgIpc) is 2.85.